The van der Waals surface area contributed by atoms with Crippen LogP contribution in [0, 0.1) is 0 Å². The fourth-order valence-electron chi connectivity index (χ4n) is 0.957. The Morgan fingerprint density at radius 3 is 2.50 bits per heavy atom. The van der Waals surface area contributed by atoms with Gasteiger partial charge < -0.3 is 5.11 Å². The molecule has 0 aliphatic heterocycles. The van der Waals surface area contributed by atoms with E-state index in [2.05, 4.69) is 4.72 Å². The number of hydrogen-bond donors (Lipinski definition) is 2. The van der Waals surface area contributed by atoms with Gasteiger partial charge in [-0.3, -0.25) is 0 Å². The molecule has 0 amide bonds. The number of hydrogen-bond acceptors (Lipinski definition) is 3. The van der Waals surface area contributed by atoms with E-state index in [1.165, 1.54) is 0 Å². The molecule has 0 aromatic heterocycles. The minimum atomic E-state index is -3.12. The van der Waals surface area contributed by atoms with Crippen LogP contribution in [0.3, 0.4) is 0 Å². The SMILES string of the molecule is CC[C@H](CO)NS(=O)(=O)C1CC1. The Hall–Kier alpha value is -0.130. The van der Waals surface area contributed by atoms with Crippen molar-refractivity contribution in [2.24, 2.45) is 0 Å². The molecule has 1 saturated carbocycles. The Morgan fingerprint density at radius 2 is 2.17 bits per heavy atom. The standard InChI is InChI=1S/C7H15NO3S/c1-2-6(5-9)8-12(10,11)7-3-4-7/h6-9H,2-5H2,1H3/t6-/m1/s1. The van der Waals surface area contributed by atoms with Crippen molar-refractivity contribution in [3.05, 3.63) is 0 Å². The molecule has 1 fully saturated rings. The van der Waals surface area contributed by atoms with Crippen LogP contribution in [0.15, 0.2) is 0 Å². The summed E-state index contributed by atoms with van der Waals surface area (Å²) < 4.78 is 25.1. The van der Waals surface area contributed by atoms with Crippen LogP contribution in [0.4, 0.5) is 0 Å². The number of nitrogens with one attached hydrogen (secondary N) is 1. The van der Waals surface area contributed by atoms with Gasteiger partial charge in [-0.05, 0) is 19.3 Å². The summed E-state index contributed by atoms with van der Waals surface area (Å²) in [5.74, 6) is 0. The zero-order valence-corrected chi connectivity index (χ0v) is 7.97. The van der Waals surface area contributed by atoms with Gasteiger partial charge in [-0.15, -0.1) is 0 Å². The van der Waals surface area contributed by atoms with Crippen LogP contribution in [0.5, 0.6) is 0 Å². The third-order valence-corrected chi connectivity index (χ3v) is 4.02. The maximum absolute atomic E-state index is 11.3. The molecule has 0 radical (unpaired) electrons. The lowest BCUT2D eigenvalue weighted by Gasteiger charge is -2.13. The van der Waals surface area contributed by atoms with Crippen LogP contribution in [0.25, 0.3) is 0 Å². The minimum absolute atomic E-state index is 0.123. The van der Waals surface area contributed by atoms with Gasteiger partial charge in [0.2, 0.25) is 10.0 Å². The lowest BCUT2D eigenvalue weighted by Crippen LogP contribution is -2.38. The van der Waals surface area contributed by atoms with E-state index in [1.54, 1.807) is 0 Å². The first-order valence-corrected chi connectivity index (χ1v) is 5.76. The Bertz CT molecular complexity index is 229. The van der Waals surface area contributed by atoms with Gasteiger partial charge in [-0.25, -0.2) is 13.1 Å². The van der Waals surface area contributed by atoms with E-state index < -0.39 is 10.0 Å². The third kappa shape index (κ3) is 2.43. The zero-order chi connectivity index (χ0) is 9.19. The molecule has 0 aromatic carbocycles. The van der Waals surface area contributed by atoms with Gasteiger partial charge in [-0.2, -0.15) is 0 Å². The molecule has 1 aliphatic carbocycles. The highest BCUT2D eigenvalue weighted by atomic mass is 32.2. The Kier molecular flexibility index (Phi) is 3.09. The molecule has 1 aliphatic rings. The van der Waals surface area contributed by atoms with Crippen molar-refractivity contribution in [2.75, 3.05) is 6.61 Å². The molecule has 72 valence electrons. The van der Waals surface area contributed by atoms with Crippen LogP contribution < -0.4 is 4.72 Å². The largest absolute Gasteiger partial charge is 0.395 e. The zero-order valence-electron chi connectivity index (χ0n) is 7.16. The molecule has 2 N–H and O–H groups in total. The van der Waals surface area contributed by atoms with Gasteiger partial charge in [0.25, 0.3) is 0 Å². The third-order valence-electron chi connectivity index (χ3n) is 2.01. The first-order chi connectivity index (χ1) is 5.60. The first kappa shape index (κ1) is 9.95. The van der Waals surface area contributed by atoms with Crippen molar-refractivity contribution < 1.29 is 13.5 Å². The monoisotopic (exact) mass is 193 g/mol. The molecule has 0 saturated heterocycles. The Labute approximate surface area is 73.0 Å². The molecule has 12 heavy (non-hydrogen) atoms. The van der Waals surface area contributed by atoms with E-state index in [1.807, 2.05) is 6.92 Å². The molecule has 0 spiro atoms. The predicted molar refractivity (Wildman–Crippen MR) is 46.2 cm³/mol. The maximum Gasteiger partial charge on any atom is 0.214 e. The molecule has 0 bridgehead atoms. The highest BCUT2D eigenvalue weighted by molar-refractivity contribution is 7.90. The van der Waals surface area contributed by atoms with Crippen molar-refractivity contribution in [2.45, 2.75) is 37.5 Å². The van der Waals surface area contributed by atoms with Crippen molar-refractivity contribution >= 4 is 10.0 Å². The van der Waals surface area contributed by atoms with Gasteiger partial charge >= 0.3 is 0 Å². The second-order valence-electron chi connectivity index (χ2n) is 3.15. The van der Waals surface area contributed by atoms with Crippen LogP contribution in [0.2, 0.25) is 0 Å². The van der Waals surface area contributed by atoms with Crippen LogP contribution >= 0.6 is 0 Å². The smallest absolute Gasteiger partial charge is 0.214 e. The highest BCUT2D eigenvalue weighted by Gasteiger charge is 2.36. The van der Waals surface area contributed by atoms with Crippen molar-refractivity contribution in [3.8, 4) is 0 Å². The molecule has 5 heteroatoms. The van der Waals surface area contributed by atoms with Gasteiger partial charge in [-0.1, -0.05) is 6.92 Å². The summed E-state index contributed by atoms with van der Waals surface area (Å²) in [6, 6.07) is -0.310. The molecule has 4 nitrogen and oxygen atoms in total. The van der Waals surface area contributed by atoms with Gasteiger partial charge in [0, 0.05) is 6.04 Å². The van der Waals surface area contributed by atoms with E-state index >= 15 is 0 Å². The molecule has 0 aromatic rings. The van der Waals surface area contributed by atoms with E-state index in [4.69, 9.17) is 5.11 Å². The van der Waals surface area contributed by atoms with E-state index in [-0.39, 0.29) is 17.9 Å². The van der Waals surface area contributed by atoms with E-state index in [0.29, 0.717) is 6.42 Å². The number of sulfonamides is 1. The molecule has 0 heterocycles. The Balaban J connectivity index is 2.47. The van der Waals surface area contributed by atoms with Crippen molar-refractivity contribution in [1.29, 1.82) is 0 Å². The van der Waals surface area contributed by atoms with Crippen molar-refractivity contribution in [1.82, 2.24) is 4.72 Å². The quantitative estimate of drug-likeness (QED) is 0.637. The van der Waals surface area contributed by atoms with Crippen LogP contribution in [0.1, 0.15) is 26.2 Å². The molecule has 1 rings (SSSR count). The summed E-state index contributed by atoms with van der Waals surface area (Å²) in [4.78, 5) is 0. The predicted octanol–water partition coefficient (Wildman–Crippen LogP) is -0.161. The van der Waals surface area contributed by atoms with Crippen LogP contribution in [-0.4, -0.2) is 31.4 Å². The molecule has 0 unspecified atom stereocenters. The second-order valence-corrected chi connectivity index (χ2v) is 5.14. The summed E-state index contributed by atoms with van der Waals surface area (Å²) in [7, 11) is -3.12. The summed E-state index contributed by atoms with van der Waals surface area (Å²) in [5, 5.41) is 8.57. The van der Waals surface area contributed by atoms with Gasteiger partial charge in [0.15, 0.2) is 0 Å². The molecular weight excluding hydrogens is 178 g/mol. The number of aliphatic hydroxyl groups excluding tert-OH is 1. The lowest BCUT2D eigenvalue weighted by molar-refractivity contribution is 0.254. The Morgan fingerprint density at radius 1 is 1.58 bits per heavy atom. The second kappa shape index (κ2) is 3.72. The first-order valence-electron chi connectivity index (χ1n) is 4.22. The topological polar surface area (TPSA) is 66.4 Å². The number of aliphatic hydroxyl groups is 1. The number of rotatable bonds is 5. The fraction of sp³-hybridized carbons (Fsp3) is 1.00. The maximum atomic E-state index is 11.3. The summed E-state index contributed by atoms with van der Waals surface area (Å²) in [6.07, 6.45) is 2.15. The van der Waals surface area contributed by atoms with E-state index in [9.17, 15) is 8.42 Å². The molecular formula is C7H15NO3S. The summed E-state index contributed by atoms with van der Waals surface area (Å²) in [6.45, 7) is 1.72. The minimum Gasteiger partial charge on any atom is -0.395 e. The fourth-order valence-corrected chi connectivity index (χ4v) is 2.61. The highest BCUT2D eigenvalue weighted by Crippen LogP contribution is 2.27. The lowest BCUT2D eigenvalue weighted by atomic mass is 10.3. The summed E-state index contributed by atoms with van der Waals surface area (Å²) in [5.41, 5.74) is 0. The average molecular weight is 193 g/mol. The average Bonchev–Trinajstić information content (AvgIpc) is 2.82. The summed E-state index contributed by atoms with van der Waals surface area (Å²) >= 11 is 0. The van der Waals surface area contributed by atoms with E-state index in [0.717, 1.165) is 12.8 Å². The van der Waals surface area contributed by atoms with Crippen molar-refractivity contribution in [3.63, 3.8) is 0 Å². The van der Waals surface area contributed by atoms with Gasteiger partial charge in [0.1, 0.15) is 0 Å². The normalized spacial score (nSPS) is 20.8. The van der Waals surface area contributed by atoms with Crippen LogP contribution in [-0.2, 0) is 10.0 Å². The molecule has 1 atom stereocenters. The van der Waals surface area contributed by atoms with Gasteiger partial charge in [0.05, 0.1) is 11.9 Å².